The van der Waals surface area contributed by atoms with E-state index in [0.29, 0.717) is 12.5 Å². The number of hydrazine groups is 3. The predicted molar refractivity (Wildman–Crippen MR) is 85.1 cm³/mol. The maximum Gasteiger partial charge on any atom is 0.222 e. The summed E-state index contributed by atoms with van der Waals surface area (Å²) in [5, 5.41) is 4.06. The van der Waals surface area contributed by atoms with Gasteiger partial charge >= 0.3 is 0 Å². The van der Waals surface area contributed by atoms with E-state index >= 15 is 0 Å². The zero-order valence-corrected chi connectivity index (χ0v) is 12.8. The van der Waals surface area contributed by atoms with Crippen LogP contribution in [0.1, 0.15) is 31.9 Å². The molecule has 1 saturated heterocycles. The van der Waals surface area contributed by atoms with Crippen LogP contribution in [0.2, 0.25) is 0 Å². The molecule has 1 fully saturated rings. The minimum absolute atomic E-state index is 0.00289. The molecule has 1 aliphatic rings. The Labute approximate surface area is 129 Å². The van der Waals surface area contributed by atoms with E-state index < -0.39 is 0 Å². The van der Waals surface area contributed by atoms with Crippen LogP contribution in [0.15, 0.2) is 30.5 Å². The fourth-order valence-electron chi connectivity index (χ4n) is 2.71. The molecule has 2 aromatic rings. The second-order valence-electron chi connectivity index (χ2n) is 5.71. The Balaban J connectivity index is 1.69. The van der Waals surface area contributed by atoms with Gasteiger partial charge in [-0.05, 0) is 31.9 Å². The second kappa shape index (κ2) is 6.45. The number of nitrogens with zero attached hydrogens (tertiary/aromatic N) is 1. The summed E-state index contributed by atoms with van der Waals surface area (Å²) in [5.74, 6) is -0.00289. The summed E-state index contributed by atoms with van der Waals surface area (Å²) >= 11 is 0. The van der Waals surface area contributed by atoms with Gasteiger partial charge in [0.1, 0.15) is 0 Å². The van der Waals surface area contributed by atoms with Crippen LogP contribution in [0.3, 0.4) is 0 Å². The van der Waals surface area contributed by atoms with E-state index in [9.17, 15) is 4.79 Å². The lowest BCUT2D eigenvalue weighted by Gasteiger charge is -2.10. The minimum Gasteiger partial charge on any atom is -0.345 e. The molecular weight excluding hydrogens is 280 g/mol. The van der Waals surface area contributed by atoms with Gasteiger partial charge < -0.3 is 9.88 Å². The van der Waals surface area contributed by atoms with E-state index in [0.717, 1.165) is 6.42 Å². The zero-order valence-electron chi connectivity index (χ0n) is 12.8. The Morgan fingerprint density at radius 2 is 2.00 bits per heavy atom. The molecule has 1 aromatic heterocycles. The molecular formula is C15H22N6O. The summed E-state index contributed by atoms with van der Waals surface area (Å²) in [6.45, 7) is 4.33. The molecule has 3 rings (SSSR count). The zero-order chi connectivity index (χ0) is 15.5. The highest BCUT2D eigenvalue weighted by molar-refractivity contribution is 5.85. The lowest BCUT2D eigenvalue weighted by molar-refractivity contribution is -0.122. The molecule has 7 heteroatoms. The quantitative estimate of drug-likeness (QED) is 0.561. The average Bonchev–Trinajstić information content (AvgIpc) is 3.12. The molecule has 0 radical (unpaired) electrons. The fourth-order valence-corrected chi connectivity index (χ4v) is 2.71. The number of rotatable bonds is 5. The first-order chi connectivity index (χ1) is 10.6. The normalized spacial score (nSPS) is 15.8. The van der Waals surface area contributed by atoms with Crippen molar-refractivity contribution in [3.05, 3.63) is 36.0 Å². The Hall–Kier alpha value is -1.93. The van der Waals surface area contributed by atoms with Gasteiger partial charge in [0.2, 0.25) is 5.91 Å². The Kier molecular flexibility index (Phi) is 4.39. The van der Waals surface area contributed by atoms with E-state index in [2.05, 4.69) is 70.0 Å². The molecule has 0 unspecified atom stereocenters. The smallest absolute Gasteiger partial charge is 0.222 e. The molecule has 5 N–H and O–H groups in total. The van der Waals surface area contributed by atoms with Crippen LogP contribution >= 0.6 is 0 Å². The second-order valence-corrected chi connectivity index (χ2v) is 5.71. The molecule has 1 aromatic carbocycles. The number of carbonyl (C=O) groups is 1. The van der Waals surface area contributed by atoms with Crippen LogP contribution in [-0.4, -0.2) is 16.8 Å². The van der Waals surface area contributed by atoms with Gasteiger partial charge in [0.15, 0.2) is 6.29 Å². The third-order valence-corrected chi connectivity index (χ3v) is 3.80. The Morgan fingerprint density at radius 1 is 1.27 bits per heavy atom. The predicted octanol–water partition coefficient (Wildman–Crippen LogP) is 0.672. The van der Waals surface area contributed by atoms with Gasteiger partial charge in [-0.15, -0.1) is 0 Å². The topological polar surface area (TPSA) is 82.2 Å². The number of fused-ring (bicyclic) bond motifs is 1. The van der Waals surface area contributed by atoms with Crippen molar-refractivity contribution >= 4 is 16.8 Å². The van der Waals surface area contributed by atoms with Crippen LogP contribution < -0.4 is 27.2 Å². The van der Waals surface area contributed by atoms with Crippen LogP contribution in [-0.2, 0) is 11.2 Å². The number of benzene rings is 1. The lowest BCUT2D eigenvalue weighted by Crippen LogP contribution is -2.49. The summed E-state index contributed by atoms with van der Waals surface area (Å²) in [4.78, 5) is 12.0. The van der Waals surface area contributed by atoms with E-state index in [1.54, 1.807) is 0 Å². The maximum absolute atomic E-state index is 12.0. The van der Waals surface area contributed by atoms with Gasteiger partial charge in [0, 0.05) is 29.6 Å². The Bertz CT molecular complexity index is 659. The van der Waals surface area contributed by atoms with Crippen LogP contribution in [0.4, 0.5) is 0 Å². The highest BCUT2D eigenvalue weighted by Gasteiger charge is 2.16. The number of hydrogen-bond donors (Lipinski definition) is 5. The van der Waals surface area contributed by atoms with E-state index in [-0.39, 0.29) is 12.2 Å². The monoisotopic (exact) mass is 302 g/mol. The first-order valence-electron chi connectivity index (χ1n) is 7.54. The van der Waals surface area contributed by atoms with Crippen molar-refractivity contribution < 1.29 is 4.79 Å². The van der Waals surface area contributed by atoms with Crippen molar-refractivity contribution in [1.82, 2.24) is 31.8 Å². The van der Waals surface area contributed by atoms with Gasteiger partial charge in [0.05, 0.1) is 0 Å². The highest BCUT2D eigenvalue weighted by Crippen LogP contribution is 2.25. The highest BCUT2D eigenvalue weighted by atomic mass is 16.2. The largest absolute Gasteiger partial charge is 0.345 e. The van der Waals surface area contributed by atoms with Crippen LogP contribution in [0, 0.1) is 0 Å². The summed E-state index contributed by atoms with van der Waals surface area (Å²) in [5.41, 5.74) is 13.4. The van der Waals surface area contributed by atoms with E-state index in [1.807, 2.05) is 6.07 Å². The lowest BCUT2D eigenvalue weighted by atomic mass is 10.1. The van der Waals surface area contributed by atoms with Gasteiger partial charge in [-0.25, -0.2) is 10.9 Å². The Morgan fingerprint density at radius 3 is 2.73 bits per heavy atom. The first kappa shape index (κ1) is 15.0. The summed E-state index contributed by atoms with van der Waals surface area (Å²) in [6.07, 6.45) is 3.04. The van der Waals surface area contributed by atoms with Crippen molar-refractivity contribution in [2.24, 2.45) is 0 Å². The number of carbonyl (C=O) groups excluding carboxylic acids is 1. The number of aromatic nitrogens is 1. The van der Waals surface area contributed by atoms with Crippen LogP contribution in [0.25, 0.3) is 10.9 Å². The molecule has 0 spiro atoms. The molecule has 7 nitrogen and oxygen atoms in total. The average molecular weight is 302 g/mol. The van der Waals surface area contributed by atoms with Crippen molar-refractivity contribution in [1.29, 1.82) is 0 Å². The molecule has 0 saturated carbocycles. The molecule has 1 aliphatic heterocycles. The summed E-state index contributed by atoms with van der Waals surface area (Å²) in [6, 6.07) is 8.74. The standard InChI is InChI=1S/C15H22N6O/c1-10(2)21-9-11(12-5-3-4-6-13(12)21)7-8-14(22)16-15-17-19-20-18-15/h3-6,9-10,15,17-20H,7-8H2,1-2H3,(H,16,22). The first-order valence-corrected chi connectivity index (χ1v) is 7.54. The summed E-state index contributed by atoms with van der Waals surface area (Å²) in [7, 11) is 0. The van der Waals surface area contributed by atoms with Gasteiger partial charge in [0.25, 0.3) is 0 Å². The van der Waals surface area contributed by atoms with Crippen molar-refractivity contribution in [2.45, 2.75) is 39.0 Å². The SMILES string of the molecule is CC(C)n1cc(CCC(=O)NC2NNNN2)c2ccccc21. The molecule has 0 atom stereocenters. The van der Waals surface area contributed by atoms with E-state index in [4.69, 9.17) is 0 Å². The summed E-state index contributed by atoms with van der Waals surface area (Å²) < 4.78 is 2.26. The third-order valence-electron chi connectivity index (χ3n) is 3.80. The molecule has 2 heterocycles. The van der Waals surface area contributed by atoms with Gasteiger partial charge in [-0.3, -0.25) is 4.79 Å². The number of nitrogens with one attached hydrogen (secondary N) is 5. The molecule has 1 amide bonds. The molecule has 0 bridgehead atoms. The number of para-hydroxylation sites is 1. The van der Waals surface area contributed by atoms with Crippen molar-refractivity contribution in [3.8, 4) is 0 Å². The number of aryl methyl sites for hydroxylation is 1. The fraction of sp³-hybridized carbons (Fsp3) is 0.400. The minimum atomic E-state index is -0.301. The molecule has 0 aliphatic carbocycles. The van der Waals surface area contributed by atoms with E-state index in [1.165, 1.54) is 16.5 Å². The van der Waals surface area contributed by atoms with Crippen LogP contribution in [0.5, 0.6) is 0 Å². The molecule has 22 heavy (non-hydrogen) atoms. The number of hydrogen-bond acceptors (Lipinski definition) is 5. The number of amides is 1. The van der Waals surface area contributed by atoms with Crippen molar-refractivity contribution in [2.75, 3.05) is 0 Å². The maximum atomic E-state index is 12.0. The van der Waals surface area contributed by atoms with Gasteiger partial charge in [-0.2, -0.15) is 11.1 Å². The van der Waals surface area contributed by atoms with Gasteiger partial charge in [-0.1, -0.05) is 18.2 Å². The van der Waals surface area contributed by atoms with Crippen molar-refractivity contribution in [3.63, 3.8) is 0 Å². The molecule has 118 valence electrons. The third kappa shape index (κ3) is 3.12.